The molecule has 1 aromatic rings. The summed E-state index contributed by atoms with van der Waals surface area (Å²) in [7, 11) is -3.32. The lowest BCUT2D eigenvalue weighted by Gasteiger charge is -2.40. The zero-order valence-electron chi connectivity index (χ0n) is 12.2. The van der Waals surface area contributed by atoms with Crippen LogP contribution < -0.4 is 10.6 Å². The molecule has 2 rings (SSSR count). The first-order valence-corrected chi connectivity index (χ1v) is 8.70. The Kier molecular flexibility index (Phi) is 4.25. The number of hydrogen-bond acceptors (Lipinski definition) is 5. The van der Waals surface area contributed by atoms with E-state index in [1.165, 1.54) is 6.26 Å². The van der Waals surface area contributed by atoms with Crippen LogP contribution in [0.5, 0.6) is 0 Å². The molecule has 1 heterocycles. The molecular formula is C14H22N2O3S. The fourth-order valence-corrected chi connectivity index (χ4v) is 3.41. The maximum atomic E-state index is 11.8. The van der Waals surface area contributed by atoms with Crippen molar-refractivity contribution in [3.63, 3.8) is 0 Å². The standard InChI is InChI=1S/C14H22N2O3S/c1-4-11-9-19-10(2)8-16(11)12-6-5-7-13(14(12)15)20(3,17)18/h5-7,10-11H,4,8-9,15H2,1-3H3. The Bertz CT molecular complexity index is 586. The van der Waals surface area contributed by atoms with E-state index in [1.807, 2.05) is 13.0 Å². The maximum Gasteiger partial charge on any atom is 0.177 e. The van der Waals surface area contributed by atoms with Crippen LogP contribution in [0.3, 0.4) is 0 Å². The average molecular weight is 298 g/mol. The minimum atomic E-state index is -3.32. The van der Waals surface area contributed by atoms with Crippen molar-refractivity contribution in [3.8, 4) is 0 Å². The van der Waals surface area contributed by atoms with E-state index in [4.69, 9.17) is 10.5 Å². The second-order valence-corrected chi connectivity index (χ2v) is 7.30. The first kappa shape index (κ1) is 15.1. The lowest BCUT2D eigenvalue weighted by Crippen LogP contribution is -2.49. The number of benzene rings is 1. The van der Waals surface area contributed by atoms with E-state index < -0.39 is 9.84 Å². The molecule has 1 fully saturated rings. The molecule has 0 amide bonds. The molecule has 2 N–H and O–H groups in total. The van der Waals surface area contributed by atoms with Crippen LogP contribution in [0.25, 0.3) is 0 Å². The van der Waals surface area contributed by atoms with Gasteiger partial charge in [-0.05, 0) is 25.5 Å². The molecule has 0 aliphatic carbocycles. The Hall–Kier alpha value is -1.27. The maximum absolute atomic E-state index is 11.8. The number of ether oxygens (including phenoxy) is 1. The summed E-state index contributed by atoms with van der Waals surface area (Å²) in [4.78, 5) is 2.36. The van der Waals surface area contributed by atoms with Gasteiger partial charge >= 0.3 is 0 Å². The summed E-state index contributed by atoms with van der Waals surface area (Å²) in [5, 5.41) is 0. The van der Waals surface area contributed by atoms with E-state index in [1.54, 1.807) is 12.1 Å². The van der Waals surface area contributed by atoms with Gasteiger partial charge in [0, 0.05) is 12.8 Å². The molecule has 20 heavy (non-hydrogen) atoms. The third kappa shape index (κ3) is 2.91. The van der Waals surface area contributed by atoms with Crippen LogP contribution >= 0.6 is 0 Å². The molecule has 6 heteroatoms. The zero-order valence-corrected chi connectivity index (χ0v) is 13.0. The van der Waals surface area contributed by atoms with Crippen molar-refractivity contribution in [2.75, 3.05) is 30.0 Å². The summed E-state index contributed by atoms with van der Waals surface area (Å²) in [5.74, 6) is 0. The van der Waals surface area contributed by atoms with Gasteiger partial charge in [0.1, 0.15) is 0 Å². The highest BCUT2D eigenvalue weighted by Gasteiger charge is 2.28. The molecule has 0 saturated carbocycles. The van der Waals surface area contributed by atoms with Crippen LogP contribution in [0, 0.1) is 0 Å². The SMILES string of the molecule is CCC1COC(C)CN1c1cccc(S(C)(=O)=O)c1N. The first-order valence-electron chi connectivity index (χ1n) is 6.81. The van der Waals surface area contributed by atoms with Gasteiger partial charge in [-0.25, -0.2) is 8.42 Å². The number of rotatable bonds is 3. The van der Waals surface area contributed by atoms with E-state index in [-0.39, 0.29) is 17.0 Å². The molecule has 1 aliphatic rings. The van der Waals surface area contributed by atoms with Gasteiger partial charge in [0.25, 0.3) is 0 Å². The predicted octanol–water partition coefficient (Wildman–Crippen LogP) is 1.68. The van der Waals surface area contributed by atoms with E-state index in [9.17, 15) is 8.42 Å². The van der Waals surface area contributed by atoms with E-state index in [2.05, 4.69) is 11.8 Å². The summed E-state index contributed by atoms with van der Waals surface area (Å²) in [6.07, 6.45) is 2.22. The van der Waals surface area contributed by atoms with Gasteiger partial charge in [0.05, 0.1) is 35.0 Å². The largest absolute Gasteiger partial charge is 0.396 e. The predicted molar refractivity (Wildman–Crippen MR) is 80.8 cm³/mol. The fourth-order valence-electron chi connectivity index (χ4n) is 2.58. The van der Waals surface area contributed by atoms with Gasteiger partial charge in [-0.3, -0.25) is 0 Å². The Morgan fingerprint density at radius 2 is 2.15 bits per heavy atom. The number of anilines is 2. The number of nitrogens with two attached hydrogens (primary N) is 1. The fraction of sp³-hybridized carbons (Fsp3) is 0.571. The first-order chi connectivity index (χ1) is 9.34. The second-order valence-electron chi connectivity index (χ2n) is 5.32. The summed E-state index contributed by atoms with van der Waals surface area (Å²) >= 11 is 0. The minimum Gasteiger partial charge on any atom is -0.396 e. The van der Waals surface area contributed by atoms with Gasteiger partial charge in [0.2, 0.25) is 0 Å². The quantitative estimate of drug-likeness (QED) is 0.860. The zero-order chi connectivity index (χ0) is 14.9. The molecule has 1 aromatic carbocycles. The highest BCUT2D eigenvalue weighted by atomic mass is 32.2. The third-order valence-corrected chi connectivity index (χ3v) is 4.85. The normalized spacial score (nSPS) is 23.9. The number of para-hydroxylation sites is 1. The van der Waals surface area contributed by atoms with Crippen molar-refractivity contribution in [1.29, 1.82) is 0 Å². The summed E-state index contributed by atoms with van der Waals surface area (Å²) in [5.41, 5.74) is 7.22. The van der Waals surface area contributed by atoms with Crippen LogP contribution in [-0.2, 0) is 14.6 Å². The number of morpholine rings is 1. The second kappa shape index (κ2) is 5.61. The highest BCUT2D eigenvalue weighted by Crippen LogP contribution is 2.33. The Morgan fingerprint density at radius 1 is 1.45 bits per heavy atom. The summed E-state index contributed by atoms with van der Waals surface area (Å²) in [6.45, 7) is 5.46. The van der Waals surface area contributed by atoms with Crippen LogP contribution in [0.2, 0.25) is 0 Å². The Labute approximate surface area is 120 Å². The molecule has 1 saturated heterocycles. The van der Waals surface area contributed by atoms with Gasteiger partial charge in [-0.1, -0.05) is 13.0 Å². The Morgan fingerprint density at radius 3 is 2.75 bits per heavy atom. The van der Waals surface area contributed by atoms with Crippen molar-refractivity contribution in [2.24, 2.45) is 0 Å². The number of hydrogen-bond donors (Lipinski definition) is 1. The monoisotopic (exact) mass is 298 g/mol. The Balaban J connectivity index is 2.46. The summed E-state index contributed by atoms with van der Waals surface area (Å²) in [6, 6.07) is 5.40. The lowest BCUT2D eigenvalue weighted by molar-refractivity contribution is 0.0300. The molecule has 0 spiro atoms. The van der Waals surface area contributed by atoms with Gasteiger partial charge < -0.3 is 15.4 Å². The molecule has 0 radical (unpaired) electrons. The van der Waals surface area contributed by atoms with Crippen molar-refractivity contribution < 1.29 is 13.2 Å². The van der Waals surface area contributed by atoms with Crippen LogP contribution in [0.4, 0.5) is 11.4 Å². The molecule has 0 aromatic heterocycles. The molecule has 2 unspecified atom stereocenters. The van der Waals surface area contributed by atoms with E-state index in [0.29, 0.717) is 12.3 Å². The van der Waals surface area contributed by atoms with Gasteiger partial charge in [0.15, 0.2) is 9.84 Å². The van der Waals surface area contributed by atoms with Crippen molar-refractivity contribution in [1.82, 2.24) is 0 Å². The molecule has 0 bridgehead atoms. The molecule has 2 atom stereocenters. The molecule has 1 aliphatic heterocycles. The minimum absolute atomic E-state index is 0.110. The van der Waals surface area contributed by atoms with Crippen LogP contribution in [0.15, 0.2) is 23.1 Å². The number of nitrogen functional groups attached to an aromatic ring is 1. The van der Waals surface area contributed by atoms with Gasteiger partial charge in [-0.2, -0.15) is 0 Å². The molecule has 5 nitrogen and oxygen atoms in total. The molecular weight excluding hydrogens is 276 g/mol. The third-order valence-electron chi connectivity index (χ3n) is 3.69. The van der Waals surface area contributed by atoms with E-state index in [0.717, 1.165) is 18.7 Å². The summed E-state index contributed by atoms with van der Waals surface area (Å²) < 4.78 is 29.2. The highest BCUT2D eigenvalue weighted by molar-refractivity contribution is 7.90. The smallest absolute Gasteiger partial charge is 0.177 e. The van der Waals surface area contributed by atoms with Crippen molar-refractivity contribution >= 4 is 21.2 Å². The topological polar surface area (TPSA) is 72.6 Å². The van der Waals surface area contributed by atoms with Crippen molar-refractivity contribution in [2.45, 2.75) is 37.3 Å². The number of sulfone groups is 1. The van der Waals surface area contributed by atoms with Gasteiger partial charge in [-0.15, -0.1) is 0 Å². The van der Waals surface area contributed by atoms with Crippen LogP contribution in [-0.4, -0.2) is 40.0 Å². The van der Waals surface area contributed by atoms with E-state index >= 15 is 0 Å². The molecule has 112 valence electrons. The van der Waals surface area contributed by atoms with Crippen LogP contribution in [0.1, 0.15) is 20.3 Å². The number of nitrogens with zero attached hydrogens (tertiary/aromatic N) is 1. The van der Waals surface area contributed by atoms with Crippen molar-refractivity contribution in [3.05, 3.63) is 18.2 Å². The average Bonchev–Trinajstić information content (AvgIpc) is 2.37. The lowest BCUT2D eigenvalue weighted by atomic mass is 10.1.